The van der Waals surface area contributed by atoms with Crippen molar-refractivity contribution in [3.63, 3.8) is 0 Å². The Morgan fingerprint density at radius 2 is 2.38 bits per heavy atom. The first-order valence-corrected chi connectivity index (χ1v) is 4.30. The van der Waals surface area contributed by atoms with Crippen molar-refractivity contribution in [1.82, 2.24) is 4.98 Å². The highest BCUT2D eigenvalue weighted by molar-refractivity contribution is 9.10. The summed E-state index contributed by atoms with van der Waals surface area (Å²) in [6.07, 6.45) is 1.44. The summed E-state index contributed by atoms with van der Waals surface area (Å²) < 4.78 is 0.733. The topological polar surface area (TPSA) is 50.2 Å². The lowest BCUT2D eigenvalue weighted by Gasteiger charge is -1.88. The molecule has 0 unspecified atom stereocenters. The van der Waals surface area contributed by atoms with Crippen molar-refractivity contribution in [3.05, 3.63) is 28.5 Å². The van der Waals surface area contributed by atoms with Crippen molar-refractivity contribution < 1.29 is 9.90 Å². The molecule has 1 rings (SSSR count). The second-order valence-electron chi connectivity index (χ2n) is 2.24. The maximum atomic E-state index is 10.1. The van der Waals surface area contributed by atoms with E-state index in [1.807, 2.05) is 0 Å². The summed E-state index contributed by atoms with van der Waals surface area (Å²) in [6, 6.07) is 3.52. The molecule has 1 heterocycles. The van der Waals surface area contributed by atoms with E-state index < -0.39 is 5.97 Å². The van der Waals surface area contributed by atoms with Crippen molar-refractivity contribution in [1.29, 1.82) is 0 Å². The van der Waals surface area contributed by atoms with E-state index in [-0.39, 0.29) is 6.42 Å². The fourth-order valence-electron chi connectivity index (χ4n) is 0.672. The number of aliphatic carboxylic acids is 1. The fourth-order valence-corrected chi connectivity index (χ4v) is 0.906. The van der Waals surface area contributed by atoms with Crippen LogP contribution in [0.2, 0.25) is 0 Å². The summed E-state index contributed by atoms with van der Waals surface area (Å²) in [5, 5.41) is 8.31. The van der Waals surface area contributed by atoms with Crippen LogP contribution in [0.25, 0.3) is 0 Å². The van der Waals surface area contributed by atoms with Crippen LogP contribution < -0.4 is 0 Å². The van der Waals surface area contributed by atoms with Crippen LogP contribution >= 0.6 is 15.9 Å². The highest BCUT2D eigenvalue weighted by Crippen LogP contribution is 2.04. The Balaban J connectivity index is 2.67. The van der Waals surface area contributed by atoms with Crippen LogP contribution in [-0.4, -0.2) is 16.1 Å². The van der Waals surface area contributed by atoms with Crippen LogP contribution in [0.5, 0.6) is 0 Å². The Labute approximate surface area is 83.9 Å². The van der Waals surface area contributed by atoms with Crippen LogP contribution in [0, 0.1) is 11.8 Å². The fraction of sp³-hybridized carbons (Fsp3) is 0.111. The number of halogens is 1. The van der Waals surface area contributed by atoms with Crippen molar-refractivity contribution in [2.75, 3.05) is 0 Å². The maximum absolute atomic E-state index is 10.1. The standard InChI is InChI=1S/C9H6BrNO2/c10-8-5-4-7(6-11-8)2-1-3-9(12)13/h4-6H,3H2,(H,12,13). The van der Waals surface area contributed by atoms with Gasteiger partial charge in [0.15, 0.2) is 0 Å². The van der Waals surface area contributed by atoms with Gasteiger partial charge in [0.2, 0.25) is 0 Å². The normalized spacial score (nSPS) is 8.69. The predicted octanol–water partition coefficient (Wildman–Crippen LogP) is 1.67. The van der Waals surface area contributed by atoms with E-state index in [1.165, 1.54) is 0 Å². The minimum Gasteiger partial charge on any atom is -0.481 e. The summed E-state index contributed by atoms with van der Waals surface area (Å²) in [7, 11) is 0. The molecule has 1 N–H and O–H groups in total. The highest BCUT2D eigenvalue weighted by Gasteiger charge is 1.90. The molecule has 0 aromatic carbocycles. The van der Waals surface area contributed by atoms with E-state index in [4.69, 9.17) is 5.11 Å². The summed E-state index contributed by atoms with van der Waals surface area (Å²) in [6.45, 7) is 0. The van der Waals surface area contributed by atoms with E-state index in [9.17, 15) is 4.79 Å². The lowest BCUT2D eigenvalue weighted by Crippen LogP contribution is -1.90. The maximum Gasteiger partial charge on any atom is 0.315 e. The molecular weight excluding hydrogens is 234 g/mol. The van der Waals surface area contributed by atoms with Crippen molar-refractivity contribution in [2.24, 2.45) is 0 Å². The van der Waals surface area contributed by atoms with E-state index in [1.54, 1.807) is 18.3 Å². The highest BCUT2D eigenvalue weighted by atomic mass is 79.9. The van der Waals surface area contributed by atoms with E-state index in [2.05, 4.69) is 32.8 Å². The monoisotopic (exact) mass is 239 g/mol. The molecule has 0 spiro atoms. The first-order valence-electron chi connectivity index (χ1n) is 3.50. The van der Waals surface area contributed by atoms with Crippen molar-refractivity contribution in [2.45, 2.75) is 6.42 Å². The SMILES string of the molecule is O=C(O)CC#Cc1ccc(Br)nc1. The molecule has 0 fully saturated rings. The number of pyridine rings is 1. The largest absolute Gasteiger partial charge is 0.481 e. The molecule has 66 valence electrons. The van der Waals surface area contributed by atoms with Gasteiger partial charge in [0, 0.05) is 11.8 Å². The van der Waals surface area contributed by atoms with Gasteiger partial charge in [-0.3, -0.25) is 4.79 Å². The minimum atomic E-state index is -0.919. The van der Waals surface area contributed by atoms with Gasteiger partial charge in [-0.2, -0.15) is 0 Å². The van der Waals surface area contributed by atoms with Crippen LogP contribution in [0.4, 0.5) is 0 Å². The van der Waals surface area contributed by atoms with Crippen molar-refractivity contribution in [3.8, 4) is 11.8 Å². The van der Waals surface area contributed by atoms with Crippen LogP contribution in [0.15, 0.2) is 22.9 Å². The molecule has 0 atom stereocenters. The Morgan fingerprint density at radius 3 is 2.92 bits per heavy atom. The Kier molecular flexibility index (Phi) is 3.47. The van der Waals surface area contributed by atoms with Crippen molar-refractivity contribution >= 4 is 21.9 Å². The minimum absolute atomic E-state index is 0.143. The summed E-state index contributed by atoms with van der Waals surface area (Å²) in [5.74, 6) is 4.29. The third kappa shape index (κ3) is 3.72. The zero-order valence-corrected chi connectivity index (χ0v) is 8.21. The van der Waals surface area contributed by atoms with Gasteiger partial charge >= 0.3 is 5.97 Å². The van der Waals surface area contributed by atoms with Gasteiger partial charge in [0.25, 0.3) is 0 Å². The lowest BCUT2D eigenvalue weighted by atomic mass is 10.3. The number of carboxylic acids is 1. The summed E-state index contributed by atoms with van der Waals surface area (Å²) >= 11 is 3.18. The van der Waals surface area contributed by atoms with Crippen LogP contribution in [0.1, 0.15) is 12.0 Å². The summed E-state index contributed by atoms with van der Waals surface area (Å²) in [5.41, 5.74) is 0.712. The van der Waals surface area contributed by atoms with Gasteiger partial charge in [-0.15, -0.1) is 0 Å². The third-order valence-electron chi connectivity index (χ3n) is 1.20. The quantitative estimate of drug-likeness (QED) is 0.600. The van der Waals surface area contributed by atoms with Crippen LogP contribution in [0.3, 0.4) is 0 Å². The molecule has 0 bridgehead atoms. The molecule has 0 saturated heterocycles. The number of carboxylic acid groups (broad SMARTS) is 1. The average Bonchev–Trinajstić information content (AvgIpc) is 2.08. The summed E-state index contributed by atoms with van der Waals surface area (Å²) in [4.78, 5) is 14.1. The zero-order valence-electron chi connectivity index (χ0n) is 6.62. The molecule has 0 saturated carbocycles. The molecular formula is C9H6BrNO2. The molecule has 0 amide bonds. The number of nitrogens with zero attached hydrogens (tertiary/aromatic N) is 1. The van der Waals surface area contributed by atoms with Gasteiger partial charge in [-0.25, -0.2) is 4.98 Å². The van der Waals surface area contributed by atoms with E-state index in [0.717, 1.165) is 4.60 Å². The number of hydrogen-bond acceptors (Lipinski definition) is 2. The van der Waals surface area contributed by atoms with Gasteiger partial charge in [-0.1, -0.05) is 11.8 Å². The number of carbonyl (C=O) groups is 1. The van der Waals surface area contributed by atoms with Gasteiger partial charge < -0.3 is 5.11 Å². The number of rotatable bonds is 1. The van der Waals surface area contributed by atoms with E-state index in [0.29, 0.717) is 5.56 Å². The second-order valence-corrected chi connectivity index (χ2v) is 3.05. The number of aromatic nitrogens is 1. The third-order valence-corrected chi connectivity index (χ3v) is 1.67. The predicted molar refractivity (Wildman–Crippen MR) is 51.1 cm³/mol. The molecule has 0 aliphatic rings. The zero-order chi connectivity index (χ0) is 9.68. The number of hydrogen-bond donors (Lipinski definition) is 1. The first kappa shape index (κ1) is 9.75. The molecule has 1 aromatic heterocycles. The molecule has 0 aliphatic carbocycles. The molecule has 3 nitrogen and oxygen atoms in total. The Hall–Kier alpha value is -1.34. The Morgan fingerprint density at radius 1 is 1.62 bits per heavy atom. The van der Waals surface area contributed by atoms with Gasteiger partial charge in [0.1, 0.15) is 11.0 Å². The molecule has 4 heteroatoms. The lowest BCUT2D eigenvalue weighted by molar-refractivity contribution is -0.135. The smallest absolute Gasteiger partial charge is 0.315 e. The molecule has 1 aromatic rings. The Bertz CT molecular complexity index is 361. The van der Waals surface area contributed by atoms with E-state index >= 15 is 0 Å². The molecule has 0 aliphatic heterocycles. The average molecular weight is 240 g/mol. The molecule has 13 heavy (non-hydrogen) atoms. The van der Waals surface area contributed by atoms with Crippen LogP contribution in [-0.2, 0) is 4.79 Å². The first-order chi connectivity index (χ1) is 6.18. The van der Waals surface area contributed by atoms with Gasteiger partial charge in [-0.05, 0) is 28.1 Å². The van der Waals surface area contributed by atoms with Gasteiger partial charge in [0.05, 0.1) is 0 Å². The second kappa shape index (κ2) is 4.63. The molecule has 0 radical (unpaired) electrons.